The van der Waals surface area contributed by atoms with Crippen LogP contribution in [0.5, 0.6) is 0 Å². The van der Waals surface area contributed by atoms with Gasteiger partial charge in [-0.3, -0.25) is 4.79 Å². The maximum absolute atomic E-state index is 15.6. The molecular weight excluding hydrogens is 382 g/mol. The van der Waals surface area contributed by atoms with E-state index in [9.17, 15) is 14.7 Å². The molecule has 2 aromatic heterocycles. The predicted molar refractivity (Wildman–Crippen MR) is 101 cm³/mol. The monoisotopic (exact) mass is 400 g/mol. The summed E-state index contributed by atoms with van der Waals surface area (Å²) in [5.74, 6) is -2.41. The van der Waals surface area contributed by atoms with Gasteiger partial charge in [0, 0.05) is 37.2 Å². The molecule has 3 aromatic rings. The number of aromatic nitrogens is 3. The van der Waals surface area contributed by atoms with Crippen molar-refractivity contribution in [2.45, 2.75) is 38.9 Å². The number of fused-ring (bicyclic) bond motifs is 2. The molecule has 0 unspecified atom stereocenters. The molecule has 0 radical (unpaired) electrons. The Morgan fingerprint density at radius 2 is 2.03 bits per heavy atom. The maximum atomic E-state index is 15.6. The summed E-state index contributed by atoms with van der Waals surface area (Å²) in [7, 11) is 0. The quantitative estimate of drug-likeness (QED) is 0.731. The fraction of sp³-hybridized carbons (Fsp3) is 0.350. The summed E-state index contributed by atoms with van der Waals surface area (Å²) in [6, 6.07) is 0.875. The number of hydrogen-bond acceptors (Lipinski definition) is 4. The van der Waals surface area contributed by atoms with Crippen LogP contribution >= 0.6 is 0 Å². The van der Waals surface area contributed by atoms with Crippen LogP contribution in [0.3, 0.4) is 0 Å². The summed E-state index contributed by atoms with van der Waals surface area (Å²) >= 11 is 0. The van der Waals surface area contributed by atoms with Gasteiger partial charge in [-0.2, -0.15) is 0 Å². The molecule has 1 aliphatic heterocycles. The van der Waals surface area contributed by atoms with Crippen molar-refractivity contribution in [2.24, 2.45) is 0 Å². The molecule has 3 heterocycles. The normalized spacial score (nSPS) is 16.3. The number of pyridine rings is 1. The highest BCUT2D eigenvalue weighted by Crippen LogP contribution is 2.40. The Balaban J connectivity index is 1.72. The second-order valence-electron chi connectivity index (χ2n) is 7.62. The summed E-state index contributed by atoms with van der Waals surface area (Å²) in [5.41, 5.74) is -0.613. The van der Waals surface area contributed by atoms with Crippen molar-refractivity contribution in [2.75, 3.05) is 11.4 Å². The van der Waals surface area contributed by atoms with Crippen LogP contribution in [0.15, 0.2) is 23.3 Å². The highest BCUT2D eigenvalue weighted by atomic mass is 19.1. The van der Waals surface area contributed by atoms with Gasteiger partial charge >= 0.3 is 5.97 Å². The van der Waals surface area contributed by atoms with Gasteiger partial charge in [-0.1, -0.05) is 0 Å². The van der Waals surface area contributed by atoms with Crippen molar-refractivity contribution in [3.05, 3.63) is 57.4 Å². The first kappa shape index (κ1) is 17.8. The molecule has 0 saturated heterocycles. The number of hydrogen-bond donors (Lipinski definition) is 1. The molecular formula is C20H18F2N4O3. The lowest BCUT2D eigenvalue weighted by Gasteiger charge is -2.31. The fourth-order valence-corrected chi connectivity index (χ4v) is 4.12. The van der Waals surface area contributed by atoms with E-state index < -0.39 is 28.6 Å². The minimum atomic E-state index is -1.41. The van der Waals surface area contributed by atoms with Gasteiger partial charge in [-0.25, -0.2) is 18.6 Å². The van der Waals surface area contributed by atoms with E-state index in [0.29, 0.717) is 18.9 Å². The number of benzene rings is 1. The van der Waals surface area contributed by atoms with Gasteiger partial charge in [0.25, 0.3) is 0 Å². The zero-order valence-electron chi connectivity index (χ0n) is 15.7. The van der Waals surface area contributed by atoms with Crippen LogP contribution in [0.4, 0.5) is 14.5 Å². The van der Waals surface area contributed by atoms with Crippen molar-refractivity contribution in [1.29, 1.82) is 0 Å². The first-order chi connectivity index (χ1) is 13.9. The van der Waals surface area contributed by atoms with Crippen LogP contribution < -0.4 is 10.3 Å². The van der Waals surface area contributed by atoms with Crippen LogP contribution in [-0.2, 0) is 13.1 Å². The number of rotatable bonds is 3. The zero-order chi connectivity index (χ0) is 20.4. The number of carboxylic acids is 1. The largest absolute Gasteiger partial charge is 0.477 e. The van der Waals surface area contributed by atoms with Crippen LogP contribution in [0, 0.1) is 18.6 Å². The number of aromatic carboxylic acids is 1. The second kappa shape index (κ2) is 6.13. The highest BCUT2D eigenvalue weighted by Gasteiger charge is 2.32. The van der Waals surface area contributed by atoms with Gasteiger partial charge in [0.1, 0.15) is 22.9 Å². The van der Waals surface area contributed by atoms with E-state index in [0.717, 1.165) is 24.6 Å². The lowest BCUT2D eigenvalue weighted by atomic mass is 10.1. The Morgan fingerprint density at radius 3 is 2.72 bits per heavy atom. The van der Waals surface area contributed by atoms with E-state index in [4.69, 9.17) is 0 Å². The van der Waals surface area contributed by atoms with Crippen LogP contribution in [0.25, 0.3) is 10.9 Å². The van der Waals surface area contributed by atoms with Gasteiger partial charge in [-0.05, 0) is 25.8 Å². The van der Waals surface area contributed by atoms with Gasteiger partial charge in [0.15, 0.2) is 5.82 Å². The summed E-state index contributed by atoms with van der Waals surface area (Å²) < 4.78 is 34.1. The number of carbonyl (C=O) groups is 1. The number of halogens is 2. The number of nitrogens with zero attached hydrogens (tertiary/aromatic N) is 4. The van der Waals surface area contributed by atoms with Gasteiger partial charge in [0.2, 0.25) is 5.43 Å². The standard InChI is InChI=1S/C20H18F2N4O3/c1-10-7-23-15-9-24(4-5-25(10)15)18-14(21)6-12-17(16(18)22)26(11-2-3-11)8-13(19(12)27)20(28)29/h6-8,11H,2-5,9H2,1H3,(H,28,29). The average Bonchev–Trinajstić information content (AvgIpc) is 3.46. The van der Waals surface area contributed by atoms with E-state index in [1.54, 1.807) is 11.1 Å². The first-order valence-corrected chi connectivity index (χ1v) is 9.43. The molecule has 1 fully saturated rings. The first-order valence-electron chi connectivity index (χ1n) is 9.43. The molecule has 2 aliphatic rings. The molecule has 150 valence electrons. The van der Waals surface area contributed by atoms with Gasteiger partial charge < -0.3 is 19.1 Å². The maximum Gasteiger partial charge on any atom is 0.341 e. The molecule has 0 atom stereocenters. The molecule has 9 heteroatoms. The van der Waals surface area contributed by atoms with Crippen molar-refractivity contribution in [3.63, 3.8) is 0 Å². The van der Waals surface area contributed by atoms with E-state index in [1.807, 2.05) is 11.5 Å². The van der Waals surface area contributed by atoms with Crippen LogP contribution in [-0.4, -0.2) is 31.7 Å². The molecule has 1 aromatic carbocycles. The van der Waals surface area contributed by atoms with Crippen LogP contribution in [0.2, 0.25) is 0 Å². The Bertz CT molecular complexity index is 1240. The topological polar surface area (TPSA) is 80.4 Å². The Hall–Kier alpha value is -3.23. The summed E-state index contributed by atoms with van der Waals surface area (Å²) in [5, 5.41) is 9.08. The van der Waals surface area contributed by atoms with E-state index in [1.165, 1.54) is 10.8 Å². The highest BCUT2D eigenvalue weighted by molar-refractivity contribution is 5.94. The summed E-state index contributed by atoms with van der Waals surface area (Å²) in [6.07, 6.45) is 4.42. The van der Waals surface area contributed by atoms with Crippen molar-refractivity contribution < 1.29 is 18.7 Å². The number of carboxylic acid groups (broad SMARTS) is 1. The third kappa shape index (κ3) is 2.64. The minimum absolute atomic E-state index is 0.0380. The fourth-order valence-electron chi connectivity index (χ4n) is 4.12. The lowest BCUT2D eigenvalue weighted by Crippen LogP contribution is -2.35. The Labute approximate surface area is 163 Å². The number of imidazole rings is 1. The van der Waals surface area contributed by atoms with Crippen molar-refractivity contribution in [3.8, 4) is 0 Å². The molecule has 1 N–H and O–H groups in total. The van der Waals surface area contributed by atoms with E-state index in [-0.39, 0.29) is 29.2 Å². The Kier molecular flexibility index (Phi) is 3.77. The molecule has 0 bridgehead atoms. The smallest absolute Gasteiger partial charge is 0.341 e. The van der Waals surface area contributed by atoms with Crippen LogP contribution in [0.1, 0.15) is 40.8 Å². The van der Waals surface area contributed by atoms with Crippen molar-refractivity contribution >= 4 is 22.6 Å². The lowest BCUT2D eigenvalue weighted by molar-refractivity contribution is 0.0694. The van der Waals surface area contributed by atoms with Gasteiger partial charge in [0.05, 0.1) is 17.4 Å². The second-order valence-corrected chi connectivity index (χ2v) is 7.62. The summed E-state index contributed by atoms with van der Waals surface area (Å²) in [4.78, 5) is 29.9. The molecule has 0 spiro atoms. The molecule has 7 nitrogen and oxygen atoms in total. The molecule has 0 amide bonds. The predicted octanol–water partition coefficient (Wildman–Crippen LogP) is 2.84. The van der Waals surface area contributed by atoms with E-state index in [2.05, 4.69) is 4.98 Å². The molecule has 5 rings (SSSR count). The average molecular weight is 400 g/mol. The number of aryl methyl sites for hydroxylation is 1. The zero-order valence-corrected chi connectivity index (χ0v) is 15.7. The third-order valence-electron chi connectivity index (χ3n) is 5.73. The third-order valence-corrected chi connectivity index (χ3v) is 5.73. The number of anilines is 1. The minimum Gasteiger partial charge on any atom is -0.477 e. The van der Waals surface area contributed by atoms with E-state index >= 15 is 8.78 Å². The van der Waals surface area contributed by atoms with Gasteiger partial charge in [-0.15, -0.1) is 0 Å². The Morgan fingerprint density at radius 1 is 1.28 bits per heavy atom. The molecule has 1 aliphatic carbocycles. The molecule has 1 saturated carbocycles. The SMILES string of the molecule is Cc1cnc2n1CCN(c1c(F)cc3c(=O)c(C(=O)O)cn(C4CC4)c3c1F)C2. The summed E-state index contributed by atoms with van der Waals surface area (Å²) in [6.45, 7) is 3.11. The van der Waals surface area contributed by atoms with Crippen molar-refractivity contribution in [1.82, 2.24) is 14.1 Å². The molecule has 29 heavy (non-hydrogen) atoms.